The summed E-state index contributed by atoms with van der Waals surface area (Å²) >= 11 is 0. The molecule has 3 N–H and O–H groups in total. The third-order valence-electron chi connectivity index (χ3n) is 3.30. The fourth-order valence-electron chi connectivity index (χ4n) is 2.21. The minimum Gasteiger partial charge on any atom is -0.388 e. The fraction of sp³-hybridized carbons (Fsp3) is 0.917. The summed E-state index contributed by atoms with van der Waals surface area (Å²) in [5, 5.41) is 7.40. The smallest absolute Gasteiger partial charge is 0.0911 e. The summed E-state index contributed by atoms with van der Waals surface area (Å²) in [7, 11) is 0. The lowest BCUT2D eigenvalue weighted by Gasteiger charge is -2.30. The lowest BCUT2D eigenvalue weighted by molar-refractivity contribution is 0.180. The normalized spacial score (nSPS) is 18.5. The standard InChI is InChI=1S/C12H25N3/c1-4-7-15(10(2)3)9-12(5-6-12)8-11(13)14/h10H,4-9H2,1-3H3,(H3,13,14). The van der Waals surface area contributed by atoms with Crippen LogP contribution in [-0.4, -0.2) is 29.9 Å². The molecule has 3 heteroatoms. The SMILES string of the molecule is CCCN(CC1(CC(=N)N)CC1)C(C)C. The van der Waals surface area contributed by atoms with Gasteiger partial charge in [0.15, 0.2) is 0 Å². The van der Waals surface area contributed by atoms with Gasteiger partial charge in [-0.2, -0.15) is 0 Å². The lowest BCUT2D eigenvalue weighted by atomic mass is 10.00. The van der Waals surface area contributed by atoms with Crippen molar-refractivity contribution in [3.05, 3.63) is 0 Å². The van der Waals surface area contributed by atoms with E-state index >= 15 is 0 Å². The second-order valence-electron chi connectivity index (χ2n) is 5.27. The van der Waals surface area contributed by atoms with Gasteiger partial charge in [-0.15, -0.1) is 0 Å². The number of nitrogens with one attached hydrogen (secondary N) is 1. The third-order valence-corrected chi connectivity index (χ3v) is 3.30. The van der Waals surface area contributed by atoms with Gasteiger partial charge in [0.1, 0.15) is 0 Å². The van der Waals surface area contributed by atoms with Crippen molar-refractivity contribution in [3.63, 3.8) is 0 Å². The molecule has 0 radical (unpaired) electrons. The molecule has 3 nitrogen and oxygen atoms in total. The highest BCUT2D eigenvalue weighted by Gasteiger charge is 2.44. The Bertz CT molecular complexity index is 219. The van der Waals surface area contributed by atoms with E-state index < -0.39 is 0 Å². The molecule has 1 aliphatic carbocycles. The maximum Gasteiger partial charge on any atom is 0.0911 e. The van der Waals surface area contributed by atoms with E-state index in [9.17, 15) is 0 Å². The predicted molar refractivity (Wildman–Crippen MR) is 65.2 cm³/mol. The van der Waals surface area contributed by atoms with Gasteiger partial charge in [0.25, 0.3) is 0 Å². The molecule has 1 saturated carbocycles. The largest absolute Gasteiger partial charge is 0.388 e. The Hall–Kier alpha value is -0.570. The molecule has 0 aliphatic heterocycles. The van der Waals surface area contributed by atoms with Crippen LogP contribution in [0.2, 0.25) is 0 Å². The van der Waals surface area contributed by atoms with Crippen LogP contribution in [-0.2, 0) is 0 Å². The van der Waals surface area contributed by atoms with Crippen LogP contribution in [0.4, 0.5) is 0 Å². The third kappa shape index (κ3) is 3.82. The minimum absolute atomic E-state index is 0.352. The molecule has 0 aromatic carbocycles. The summed E-state index contributed by atoms with van der Waals surface area (Å²) in [5.41, 5.74) is 5.86. The van der Waals surface area contributed by atoms with E-state index in [2.05, 4.69) is 25.7 Å². The molecular weight excluding hydrogens is 186 g/mol. The van der Waals surface area contributed by atoms with E-state index in [1.807, 2.05) is 0 Å². The van der Waals surface area contributed by atoms with Crippen LogP contribution in [0.1, 0.15) is 46.5 Å². The Morgan fingerprint density at radius 3 is 2.40 bits per heavy atom. The van der Waals surface area contributed by atoms with Gasteiger partial charge in [0.05, 0.1) is 5.84 Å². The quantitative estimate of drug-likeness (QED) is 0.501. The summed E-state index contributed by atoms with van der Waals surface area (Å²) in [6, 6.07) is 0.606. The minimum atomic E-state index is 0.352. The maximum atomic E-state index is 7.40. The van der Waals surface area contributed by atoms with E-state index in [1.165, 1.54) is 19.3 Å². The van der Waals surface area contributed by atoms with Crippen LogP contribution < -0.4 is 5.73 Å². The highest BCUT2D eigenvalue weighted by Crippen LogP contribution is 2.49. The van der Waals surface area contributed by atoms with Crippen molar-refractivity contribution in [1.29, 1.82) is 5.41 Å². The highest BCUT2D eigenvalue weighted by molar-refractivity contribution is 5.78. The van der Waals surface area contributed by atoms with Gasteiger partial charge in [0, 0.05) is 19.0 Å². The van der Waals surface area contributed by atoms with Gasteiger partial charge in [-0.05, 0) is 45.1 Å². The number of nitrogens with two attached hydrogens (primary N) is 1. The summed E-state index contributed by atoms with van der Waals surface area (Å²) in [6.45, 7) is 9.01. The molecule has 0 unspecified atom stereocenters. The molecule has 15 heavy (non-hydrogen) atoms. The molecule has 0 aromatic rings. The fourth-order valence-corrected chi connectivity index (χ4v) is 2.21. The van der Waals surface area contributed by atoms with Gasteiger partial charge in [-0.3, -0.25) is 5.41 Å². The predicted octanol–water partition coefficient (Wildman–Crippen LogP) is 2.21. The summed E-state index contributed by atoms with van der Waals surface area (Å²) in [6.07, 6.45) is 4.49. The molecule has 1 aliphatic rings. The second-order valence-corrected chi connectivity index (χ2v) is 5.27. The van der Waals surface area contributed by atoms with Crippen LogP contribution in [0.15, 0.2) is 0 Å². The number of amidine groups is 1. The van der Waals surface area contributed by atoms with E-state index in [0.717, 1.165) is 19.5 Å². The first kappa shape index (κ1) is 12.5. The van der Waals surface area contributed by atoms with Crippen LogP contribution in [0.25, 0.3) is 0 Å². The average Bonchev–Trinajstić information content (AvgIpc) is 2.83. The van der Waals surface area contributed by atoms with Crippen molar-refractivity contribution in [1.82, 2.24) is 4.90 Å². The van der Waals surface area contributed by atoms with Gasteiger partial charge in [-0.1, -0.05) is 6.92 Å². The van der Waals surface area contributed by atoms with E-state index in [-0.39, 0.29) is 0 Å². The van der Waals surface area contributed by atoms with Crippen LogP contribution in [0.5, 0.6) is 0 Å². The Kier molecular flexibility index (Phi) is 4.14. The number of hydrogen-bond acceptors (Lipinski definition) is 2. The van der Waals surface area contributed by atoms with E-state index in [0.29, 0.717) is 17.3 Å². The van der Waals surface area contributed by atoms with Crippen LogP contribution in [0.3, 0.4) is 0 Å². The van der Waals surface area contributed by atoms with Crippen LogP contribution >= 0.6 is 0 Å². The van der Waals surface area contributed by atoms with Crippen molar-refractivity contribution < 1.29 is 0 Å². The summed E-state index contributed by atoms with van der Waals surface area (Å²) in [5.74, 6) is 0.354. The molecule has 1 rings (SSSR count). The number of rotatable bonds is 7. The van der Waals surface area contributed by atoms with E-state index in [1.54, 1.807) is 0 Å². The number of nitrogens with zero attached hydrogens (tertiary/aromatic N) is 1. The van der Waals surface area contributed by atoms with Gasteiger partial charge in [0.2, 0.25) is 0 Å². The molecule has 1 fully saturated rings. The molecule has 0 spiro atoms. The summed E-state index contributed by atoms with van der Waals surface area (Å²) < 4.78 is 0. The molecular formula is C12H25N3. The zero-order valence-corrected chi connectivity index (χ0v) is 10.3. The molecule has 0 saturated heterocycles. The monoisotopic (exact) mass is 211 g/mol. The Balaban J connectivity index is 2.46. The molecule has 0 aromatic heterocycles. The van der Waals surface area contributed by atoms with Crippen molar-refractivity contribution >= 4 is 5.84 Å². The Morgan fingerprint density at radius 2 is 2.07 bits per heavy atom. The second kappa shape index (κ2) is 4.97. The zero-order valence-electron chi connectivity index (χ0n) is 10.3. The van der Waals surface area contributed by atoms with Crippen LogP contribution in [0, 0.1) is 10.8 Å². The molecule has 0 atom stereocenters. The van der Waals surface area contributed by atoms with Crippen molar-refractivity contribution in [2.45, 2.75) is 52.5 Å². The van der Waals surface area contributed by atoms with Gasteiger partial charge < -0.3 is 10.6 Å². The van der Waals surface area contributed by atoms with E-state index in [4.69, 9.17) is 11.1 Å². The number of hydrogen-bond donors (Lipinski definition) is 2. The van der Waals surface area contributed by atoms with Crippen molar-refractivity contribution in [2.75, 3.05) is 13.1 Å². The first-order valence-electron chi connectivity index (χ1n) is 6.06. The lowest BCUT2D eigenvalue weighted by Crippen LogP contribution is -2.38. The first-order valence-corrected chi connectivity index (χ1v) is 6.06. The first-order chi connectivity index (χ1) is 6.99. The zero-order chi connectivity index (χ0) is 11.5. The molecule has 0 heterocycles. The maximum absolute atomic E-state index is 7.40. The topological polar surface area (TPSA) is 53.1 Å². The van der Waals surface area contributed by atoms with Gasteiger partial charge >= 0.3 is 0 Å². The molecule has 0 bridgehead atoms. The average molecular weight is 211 g/mol. The van der Waals surface area contributed by atoms with Gasteiger partial charge in [-0.25, -0.2) is 0 Å². The van der Waals surface area contributed by atoms with Crippen molar-refractivity contribution in [2.24, 2.45) is 11.1 Å². The molecule has 88 valence electrons. The summed E-state index contributed by atoms with van der Waals surface area (Å²) in [4.78, 5) is 2.52. The Morgan fingerprint density at radius 1 is 1.47 bits per heavy atom. The van der Waals surface area contributed by atoms with Crippen molar-refractivity contribution in [3.8, 4) is 0 Å². The highest BCUT2D eigenvalue weighted by atomic mass is 15.2. The Labute approximate surface area is 93.5 Å². The molecule has 0 amide bonds.